The van der Waals surface area contributed by atoms with E-state index in [1.165, 1.54) is 7.11 Å². The molecule has 56 heavy (non-hydrogen) atoms. The molecule has 0 spiro atoms. The van der Waals surface area contributed by atoms with Gasteiger partial charge < -0.3 is 29.9 Å². The number of rotatable bonds is 14. The van der Waals surface area contributed by atoms with Crippen LogP contribution >= 0.6 is 11.8 Å². The number of nitrogens with zero attached hydrogens (tertiary/aromatic N) is 2. The molecule has 3 aliphatic heterocycles. The van der Waals surface area contributed by atoms with Crippen molar-refractivity contribution in [3.8, 4) is 5.75 Å². The summed E-state index contributed by atoms with van der Waals surface area (Å²) in [5.41, 5.74) is 2.69. The van der Waals surface area contributed by atoms with Crippen molar-refractivity contribution in [2.45, 2.75) is 94.1 Å². The lowest BCUT2D eigenvalue weighted by Crippen LogP contribution is -2.57. The molecule has 0 saturated carbocycles. The topological polar surface area (TPSA) is 134 Å². The molecule has 12 heteroatoms. The molecule has 11 nitrogen and oxygen atoms in total. The fourth-order valence-electron chi connectivity index (χ4n) is 8.19. The Hall–Kier alpha value is -4.84. The first kappa shape index (κ1) is 40.8. The molecule has 3 heterocycles. The maximum atomic E-state index is 14.3. The smallest absolute Gasteiger partial charge is 0.328 e. The normalized spacial score (nSPS) is 22.5. The Morgan fingerprint density at radius 2 is 1.36 bits per heavy atom. The van der Waals surface area contributed by atoms with E-state index in [0.717, 1.165) is 42.5 Å². The summed E-state index contributed by atoms with van der Waals surface area (Å²) in [6.45, 7) is 0.548. The number of carbonyl (C=O) groups excluding carboxylic acids is 5. The summed E-state index contributed by atoms with van der Waals surface area (Å²) in [4.78, 5) is 72.8. The van der Waals surface area contributed by atoms with Crippen LogP contribution in [0.15, 0.2) is 84.9 Å². The molecule has 3 aliphatic rings. The molecule has 6 atom stereocenters. The van der Waals surface area contributed by atoms with Gasteiger partial charge in [-0.05, 0) is 99.6 Å². The number of carbonyl (C=O) groups is 5. The number of hydrogen-bond acceptors (Lipinski definition) is 8. The number of methoxy groups -OCH3 is 2. The van der Waals surface area contributed by atoms with Gasteiger partial charge in [0, 0.05) is 30.1 Å². The van der Waals surface area contributed by atoms with Crippen LogP contribution in [-0.4, -0.2) is 84.5 Å². The zero-order valence-corrected chi connectivity index (χ0v) is 33.2. The minimum Gasteiger partial charge on any atom is -0.497 e. The Labute approximate surface area is 334 Å². The van der Waals surface area contributed by atoms with Crippen LogP contribution in [0.4, 0.5) is 5.69 Å². The lowest BCUT2D eigenvalue weighted by molar-refractivity contribution is -0.156. The number of ether oxygens (including phenoxy) is 2. The van der Waals surface area contributed by atoms with E-state index >= 15 is 0 Å². The summed E-state index contributed by atoms with van der Waals surface area (Å²) in [7, 11) is 2.93. The third kappa shape index (κ3) is 10.3. The molecule has 3 aromatic rings. The average Bonchev–Trinajstić information content (AvgIpc) is 3.51. The maximum absolute atomic E-state index is 14.3. The first-order valence-corrected chi connectivity index (χ1v) is 21.0. The first-order chi connectivity index (χ1) is 27.2. The van der Waals surface area contributed by atoms with E-state index in [1.54, 1.807) is 28.7 Å². The fraction of sp³-hybridized carbons (Fsp3) is 0.477. The second-order valence-corrected chi connectivity index (χ2v) is 16.3. The summed E-state index contributed by atoms with van der Waals surface area (Å²) in [5, 5.41) is 6.09. The molecule has 4 amide bonds. The van der Waals surface area contributed by atoms with Crippen LogP contribution < -0.4 is 20.3 Å². The van der Waals surface area contributed by atoms with Gasteiger partial charge in [-0.15, -0.1) is 11.8 Å². The lowest BCUT2D eigenvalue weighted by atomic mass is 9.86. The zero-order valence-electron chi connectivity index (χ0n) is 32.4. The van der Waals surface area contributed by atoms with Crippen molar-refractivity contribution in [3.05, 3.63) is 96.1 Å². The minimum absolute atomic E-state index is 0.137. The van der Waals surface area contributed by atoms with Crippen molar-refractivity contribution in [3.63, 3.8) is 0 Å². The summed E-state index contributed by atoms with van der Waals surface area (Å²) in [5.74, 6) is -1.05. The molecule has 0 bridgehead atoms. The van der Waals surface area contributed by atoms with Gasteiger partial charge in [-0.2, -0.15) is 0 Å². The molecule has 3 fully saturated rings. The highest BCUT2D eigenvalue weighted by Gasteiger charge is 2.44. The molecule has 3 aromatic carbocycles. The molecule has 0 radical (unpaired) electrons. The van der Waals surface area contributed by atoms with Crippen molar-refractivity contribution in [1.29, 1.82) is 0 Å². The molecule has 6 unspecified atom stereocenters. The van der Waals surface area contributed by atoms with Crippen molar-refractivity contribution in [2.24, 2.45) is 11.8 Å². The second-order valence-electron chi connectivity index (χ2n) is 15.0. The van der Waals surface area contributed by atoms with Gasteiger partial charge in [0.2, 0.25) is 23.6 Å². The van der Waals surface area contributed by atoms with Crippen molar-refractivity contribution in [2.75, 3.05) is 31.4 Å². The van der Waals surface area contributed by atoms with Gasteiger partial charge >= 0.3 is 5.97 Å². The van der Waals surface area contributed by atoms with E-state index in [9.17, 15) is 24.0 Å². The number of esters is 1. The average molecular weight is 783 g/mol. The van der Waals surface area contributed by atoms with Gasteiger partial charge in [-0.3, -0.25) is 19.2 Å². The highest BCUT2D eigenvalue weighted by Crippen LogP contribution is 2.35. The summed E-state index contributed by atoms with van der Waals surface area (Å²) in [6.07, 6.45) is 6.36. The Morgan fingerprint density at radius 3 is 1.96 bits per heavy atom. The first-order valence-electron chi connectivity index (χ1n) is 19.9. The largest absolute Gasteiger partial charge is 0.497 e. The van der Waals surface area contributed by atoms with Crippen LogP contribution in [0.2, 0.25) is 0 Å². The maximum Gasteiger partial charge on any atom is 0.328 e. The summed E-state index contributed by atoms with van der Waals surface area (Å²) >= 11 is 1.65. The number of amides is 4. The highest BCUT2D eigenvalue weighted by atomic mass is 32.2. The lowest BCUT2D eigenvalue weighted by Gasteiger charge is -2.40. The molecular formula is C44H54N4O7S. The number of nitrogens with one attached hydrogen (secondary N) is 2. The summed E-state index contributed by atoms with van der Waals surface area (Å²) in [6, 6.07) is 24.8. The Balaban J connectivity index is 1.20. The van der Waals surface area contributed by atoms with Crippen molar-refractivity contribution < 1.29 is 33.4 Å². The van der Waals surface area contributed by atoms with Gasteiger partial charge in [-0.1, -0.05) is 66.7 Å². The Bertz CT molecular complexity index is 1810. The number of thioether (sulfide) groups is 1. The molecule has 3 saturated heterocycles. The van der Waals surface area contributed by atoms with Gasteiger partial charge in [0.15, 0.2) is 0 Å². The van der Waals surface area contributed by atoms with E-state index in [1.807, 2.05) is 84.9 Å². The number of fused-ring (bicyclic) bond motifs is 1. The summed E-state index contributed by atoms with van der Waals surface area (Å²) < 4.78 is 10.5. The van der Waals surface area contributed by atoms with Crippen LogP contribution in [0.3, 0.4) is 0 Å². The van der Waals surface area contributed by atoms with E-state index < -0.39 is 35.9 Å². The van der Waals surface area contributed by atoms with E-state index in [2.05, 4.69) is 10.6 Å². The standard InChI is InChI=1S/C44H54N4O7S/c1-54-35-18-11-17-34(29-35)47-25-10-9-19-36(42(47)51)45-40(49)32(27-30-13-5-3-6-14-30)22-23-33(28-31-15-7-4-8-16-31)41(50)46-37-24-26-56-39-21-12-20-38(44(53)55-2)48(39)43(37)52/h3-8,11,13-18,29,32-33,36-39H,9-10,12,19-28H2,1-2H3,(H,45,49)(H,46,50). The second kappa shape index (κ2) is 19.8. The number of hydrogen-bond donors (Lipinski definition) is 2. The van der Waals surface area contributed by atoms with Gasteiger partial charge in [0.05, 0.1) is 19.6 Å². The number of piperidine rings is 1. The van der Waals surface area contributed by atoms with Crippen LogP contribution in [0.25, 0.3) is 0 Å². The SMILES string of the molecule is COC(=O)C1CCCC2SCCC(NC(=O)C(CCC(Cc3ccccc3)C(=O)NC3CCCCN(c4cccc(OC)c4)C3=O)Cc3ccccc3)C(=O)N21. The highest BCUT2D eigenvalue weighted by molar-refractivity contribution is 7.99. The molecular weight excluding hydrogens is 729 g/mol. The van der Waals surface area contributed by atoms with E-state index in [0.29, 0.717) is 63.0 Å². The van der Waals surface area contributed by atoms with E-state index in [4.69, 9.17) is 9.47 Å². The van der Waals surface area contributed by atoms with E-state index in [-0.39, 0.29) is 29.0 Å². The van der Waals surface area contributed by atoms with Gasteiger partial charge in [0.25, 0.3) is 0 Å². The Kier molecular flexibility index (Phi) is 14.5. The van der Waals surface area contributed by atoms with Crippen molar-refractivity contribution in [1.82, 2.24) is 15.5 Å². The third-order valence-corrected chi connectivity index (χ3v) is 12.6. The van der Waals surface area contributed by atoms with Crippen LogP contribution in [0.1, 0.15) is 68.9 Å². The van der Waals surface area contributed by atoms with Crippen LogP contribution in [0.5, 0.6) is 5.75 Å². The monoisotopic (exact) mass is 782 g/mol. The van der Waals surface area contributed by atoms with Gasteiger partial charge in [-0.25, -0.2) is 4.79 Å². The zero-order chi connectivity index (χ0) is 39.4. The predicted molar refractivity (Wildman–Crippen MR) is 217 cm³/mol. The number of anilines is 1. The van der Waals surface area contributed by atoms with Crippen LogP contribution in [-0.2, 0) is 41.6 Å². The molecule has 298 valence electrons. The molecule has 0 aromatic heterocycles. The predicted octanol–water partition coefficient (Wildman–Crippen LogP) is 5.70. The Morgan fingerprint density at radius 1 is 0.732 bits per heavy atom. The molecule has 6 rings (SSSR count). The number of benzene rings is 3. The van der Waals surface area contributed by atoms with Crippen LogP contribution in [0, 0.1) is 11.8 Å². The molecule has 2 N–H and O–H groups in total. The van der Waals surface area contributed by atoms with Crippen molar-refractivity contribution >= 4 is 47.0 Å². The third-order valence-electron chi connectivity index (χ3n) is 11.3. The minimum atomic E-state index is -0.777. The fourth-order valence-corrected chi connectivity index (χ4v) is 9.58. The quantitative estimate of drug-likeness (QED) is 0.199. The molecule has 0 aliphatic carbocycles. The van der Waals surface area contributed by atoms with Gasteiger partial charge in [0.1, 0.15) is 23.9 Å².